The van der Waals surface area contributed by atoms with Crippen molar-refractivity contribution in [1.82, 2.24) is 20.2 Å². The lowest BCUT2D eigenvalue weighted by Crippen LogP contribution is -2.25. The van der Waals surface area contributed by atoms with Crippen LogP contribution in [0.3, 0.4) is 0 Å². The lowest BCUT2D eigenvalue weighted by Gasteiger charge is -2.24. The van der Waals surface area contributed by atoms with Crippen molar-refractivity contribution in [2.45, 2.75) is 25.9 Å². The number of hydrogen-bond acceptors (Lipinski definition) is 2. The maximum absolute atomic E-state index is 5.46. The fourth-order valence-corrected chi connectivity index (χ4v) is 4.04. The quantitative estimate of drug-likeness (QED) is 0.588. The van der Waals surface area contributed by atoms with Gasteiger partial charge in [-0.3, -0.25) is 4.98 Å². The molecule has 1 saturated heterocycles. The van der Waals surface area contributed by atoms with Gasteiger partial charge in [0.2, 0.25) is 0 Å². The predicted molar refractivity (Wildman–Crippen MR) is 96.2 cm³/mol. The third-order valence-corrected chi connectivity index (χ3v) is 5.78. The van der Waals surface area contributed by atoms with E-state index in [9.17, 15) is 0 Å². The molecule has 0 amide bonds. The number of thiocarbonyl (C=S) groups is 1. The number of hydrogen-bond donors (Lipinski definition) is 2. The van der Waals surface area contributed by atoms with Gasteiger partial charge in [-0.2, -0.15) is 0 Å². The van der Waals surface area contributed by atoms with Gasteiger partial charge in [-0.15, -0.1) is 0 Å². The number of pyridine rings is 1. The van der Waals surface area contributed by atoms with Gasteiger partial charge >= 0.3 is 0 Å². The Labute approximate surface area is 143 Å². The topological polar surface area (TPSA) is 44.0 Å². The van der Waals surface area contributed by atoms with Crippen molar-refractivity contribution < 1.29 is 0 Å². The molecule has 0 bridgehead atoms. The summed E-state index contributed by atoms with van der Waals surface area (Å²) in [5.41, 5.74) is 4.72. The second-order valence-corrected chi connectivity index (χ2v) is 6.81. The Bertz CT molecular complexity index is 682. The first-order valence-corrected chi connectivity index (χ1v) is 8.28. The van der Waals surface area contributed by atoms with E-state index in [1.165, 1.54) is 20.5 Å². The minimum Gasteiger partial charge on any atom is -0.362 e. The number of rotatable bonds is 2. The molecule has 2 atom stereocenters. The fourth-order valence-electron chi connectivity index (χ4n) is 2.94. The van der Waals surface area contributed by atoms with E-state index in [-0.39, 0.29) is 12.1 Å². The molecule has 3 heterocycles. The monoisotopic (exact) mass is 412 g/mol. The molecule has 2 N–H and O–H groups in total. The zero-order valence-electron chi connectivity index (χ0n) is 12.1. The van der Waals surface area contributed by atoms with Gasteiger partial charge in [0.25, 0.3) is 0 Å². The van der Waals surface area contributed by atoms with Crippen LogP contribution in [0.5, 0.6) is 0 Å². The standard InChI is InChI=1S/C15H17IN4S/c1-8-11(12(16)9(2)18-8)14-13(19-15(21)20(14)3)10-6-4-5-7-17-10/h4-7,13-14,18H,1-3H3,(H,19,21)/t13-,14+/m0/s1. The predicted octanol–water partition coefficient (Wildman–Crippen LogP) is 3.23. The molecular weight excluding hydrogens is 395 g/mol. The van der Waals surface area contributed by atoms with Crippen LogP contribution in [0.15, 0.2) is 24.4 Å². The number of likely N-dealkylation sites (N-methyl/N-ethyl adjacent to an activating group) is 1. The van der Waals surface area contributed by atoms with E-state index in [4.69, 9.17) is 12.2 Å². The molecule has 3 rings (SSSR count). The van der Waals surface area contributed by atoms with Gasteiger partial charge in [-0.1, -0.05) is 6.07 Å². The average molecular weight is 412 g/mol. The smallest absolute Gasteiger partial charge is 0.169 e. The molecule has 0 unspecified atom stereocenters. The molecule has 0 aliphatic carbocycles. The minimum absolute atomic E-state index is 0.0751. The van der Waals surface area contributed by atoms with Gasteiger partial charge in [0, 0.05) is 33.8 Å². The Kier molecular flexibility index (Phi) is 3.92. The SMILES string of the molecule is Cc1[nH]c(C)c([C@@H]2[C@H](c3ccccn3)NC(=S)N2C)c1I. The summed E-state index contributed by atoms with van der Waals surface area (Å²) in [4.78, 5) is 10.1. The zero-order valence-corrected chi connectivity index (χ0v) is 15.1. The minimum atomic E-state index is 0.0751. The number of nitrogens with zero attached hydrogens (tertiary/aromatic N) is 2. The molecule has 4 nitrogen and oxygen atoms in total. The molecule has 0 spiro atoms. The first kappa shape index (κ1) is 14.8. The third-order valence-electron chi connectivity index (χ3n) is 3.98. The number of aromatic nitrogens is 2. The van der Waals surface area contributed by atoms with Crippen molar-refractivity contribution in [2.75, 3.05) is 7.05 Å². The molecule has 1 aliphatic heterocycles. The molecule has 2 aromatic rings. The van der Waals surface area contributed by atoms with E-state index in [1.54, 1.807) is 0 Å². The van der Waals surface area contributed by atoms with Crippen LogP contribution >= 0.6 is 34.8 Å². The molecule has 1 fully saturated rings. The van der Waals surface area contributed by atoms with Crippen LogP contribution in [-0.2, 0) is 0 Å². The molecule has 2 aromatic heterocycles. The van der Waals surface area contributed by atoms with Crippen molar-refractivity contribution in [3.63, 3.8) is 0 Å². The molecule has 1 aliphatic rings. The lowest BCUT2D eigenvalue weighted by molar-refractivity contribution is 0.366. The number of nitrogens with one attached hydrogen (secondary N) is 2. The number of aryl methyl sites for hydroxylation is 2. The van der Waals surface area contributed by atoms with Crippen LogP contribution in [-0.4, -0.2) is 27.0 Å². The summed E-state index contributed by atoms with van der Waals surface area (Å²) in [6.07, 6.45) is 1.83. The Morgan fingerprint density at radius 2 is 2.05 bits per heavy atom. The van der Waals surface area contributed by atoms with Gasteiger partial charge in [0.15, 0.2) is 5.11 Å². The van der Waals surface area contributed by atoms with Crippen molar-refractivity contribution in [1.29, 1.82) is 0 Å². The average Bonchev–Trinajstić information content (AvgIpc) is 2.89. The van der Waals surface area contributed by atoms with Crippen LogP contribution in [0.4, 0.5) is 0 Å². The van der Waals surface area contributed by atoms with Crippen LogP contribution < -0.4 is 5.32 Å². The van der Waals surface area contributed by atoms with E-state index in [1.807, 2.05) is 31.4 Å². The van der Waals surface area contributed by atoms with Crippen molar-refractivity contribution >= 4 is 39.9 Å². The summed E-state index contributed by atoms with van der Waals surface area (Å²) in [7, 11) is 2.04. The number of halogens is 1. The maximum atomic E-state index is 5.46. The van der Waals surface area contributed by atoms with E-state index < -0.39 is 0 Å². The highest BCUT2D eigenvalue weighted by Crippen LogP contribution is 2.41. The molecule has 0 radical (unpaired) electrons. The number of aromatic amines is 1. The Hall–Kier alpha value is -1.15. The summed E-state index contributed by atoms with van der Waals surface area (Å²) in [5, 5.41) is 4.18. The summed E-state index contributed by atoms with van der Waals surface area (Å²) < 4.78 is 1.27. The summed E-state index contributed by atoms with van der Waals surface area (Å²) >= 11 is 7.88. The first-order valence-electron chi connectivity index (χ1n) is 6.79. The van der Waals surface area contributed by atoms with Crippen LogP contribution in [0.2, 0.25) is 0 Å². The van der Waals surface area contributed by atoms with Gasteiger partial charge in [0.1, 0.15) is 0 Å². The summed E-state index contributed by atoms with van der Waals surface area (Å²) in [6.45, 7) is 4.23. The van der Waals surface area contributed by atoms with Crippen LogP contribution in [0.1, 0.15) is 34.7 Å². The lowest BCUT2D eigenvalue weighted by atomic mass is 9.97. The molecule has 110 valence electrons. The van der Waals surface area contributed by atoms with E-state index >= 15 is 0 Å². The zero-order chi connectivity index (χ0) is 15.1. The highest BCUT2D eigenvalue weighted by atomic mass is 127. The summed E-state index contributed by atoms with van der Waals surface area (Å²) in [6, 6.07) is 6.23. The van der Waals surface area contributed by atoms with Crippen molar-refractivity contribution in [3.8, 4) is 0 Å². The second-order valence-electron chi connectivity index (χ2n) is 5.34. The molecule has 21 heavy (non-hydrogen) atoms. The van der Waals surface area contributed by atoms with E-state index in [2.05, 4.69) is 56.6 Å². The molecule has 6 heteroatoms. The second kappa shape index (κ2) is 5.57. The maximum Gasteiger partial charge on any atom is 0.169 e. The van der Waals surface area contributed by atoms with Gasteiger partial charge in [-0.25, -0.2) is 0 Å². The van der Waals surface area contributed by atoms with Gasteiger partial charge < -0.3 is 15.2 Å². The third kappa shape index (κ3) is 2.44. The van der Waals surface area contributed by atoms with Gasteiger partial charge in [-0.05, 0) is 60.8 Å². The van der Waals surface area contributed by atoms with Crippen LogP contribution in [0, 0.1) is 17.4 Å². The highest BCUT2D eigenvalue weighted by molar-refractivity contribution is 14.1. The summed E-state index contributed by atoms with van der Waals surface area (Å²) in [5.74, 6) is 0. The molecule has 0 saturated carbocycles. The molecule has 0 aromatic carbocycles. The van der Waals surface area contributed by atoms with Crippen molar-refractivity contribution in [2.24, 2.45) is 0 Å². The van der Waals surface area contributed by atoms with Crippen molar-refractivity contribution in [3.05, 3.63) is 50.6 Å². The van der Waals surface area contributed by atoms with Crippen LogP contribution in [0.25, 0.3) is 0 Å². The van der Waals surface area contributed by atoms with E-state index in [0.717, 1.165) is 10.8 Å². The first-order chi connectivity index (χ1) is 10.0. The molecular formula is C15H17IN4S. The Balaban J connectivity index is 2.11. The van der Waals surface area contributed by atoms with Gasteiger partial charge in [0.05, 0.1) is 17.8 Å². The fraction of sp³-hybridized carbons (Fsp3) is 0.333. The highest BCUT2D eigenvalue weighted by Gasteiger charge is 2.40. The Morgan fingerprint density at radius 1 is 1.29 bits per heavy atom. The largest absolute Gasteiger partial charge is 0.362 e. The number of H-pyrrole nitrogens is 1. The Morgan fingerprint density at radius 3 is 2.62 bits per heavy atom. The van der Waals surface area contributed by atoms with E-state index in [0.29, 0.717) is 0 Å². The normalized spacial score (nSPS) is 21.7.